The Bertz CT molecular complexity index is 576. The van der Waals surface area contributed by atoms with Gasteiger partial charge in [-0.05, 0) is 57.4 Å². The van der Waals surface area contributed by atoms with E-state index in [9.17, 15) is 9.59 Å². The Balaban J connectivity index is 1.93. The molecule has 5 nitrogen and oxygen atoms in total. The third-order valence-corrected chi connectivity index (χ3v) is 4.12. The molecule has 126 valence electrons. The molecule has 1 saturated heterocycles. The lowest BCUT2D eigenvalue weighted by atomic mass is 9.95. The minimum absolute atomic E-state index is 0.0301. The molecule has 1 aliphatic rings. The molecule has 5 heteroatoms. The molecule has 0 spiro atoms. The highest BCUT2D eigenvalue weighted by Crippen LogP contribution is 2.24. The van der Waals surface area contributed by atoms with Gasteiger partial charge in [0.2, 0.25) is 11.8 Å². The van der Waals surface area contributed by atoms with Crippen LogP contribution in [0.4, 0.5) is 5.69 Å². The molecule has 1 fully saturated rings. The highest BCUT2D eigenvalue weighted by Gasteiger charge is 2.26. The molecule has 2 rings (SSSR count). The van der Waals surface area contributed by atoms with Crippen molar-refractivity contribution in [2.45, 2.75) is 46.6 Å². The van der Waals surface area contributed by atoms with Gasteiger partial charge in [-0.2, -0.15) is 0 Å². The Morgan fingerprint density at radius 1 is 1.26 bits per heavy atom. The molecule has 1 N–H and O–H groups in total. The van der Waals surface area contributed by atoms with Crippen LogP contribution < -0.4 is 10.1 Å². The number of hydrogen-bond acceptors (Lipinski definition) is 3. The molecule has 0 atom stereocenters. The van der Waals surface area contributed by atoms with Gasteiger partial charge in [0, 0.05) is 31.6 Å². The van der Waals surface area contributed by atoms with E-state index in [1.807, 2.05) is 39.0 Å². The first-order valence-electron chi connectivity index (χ1n) is 8.20. The second-order valence-corrected chi connectivity index (χ2v) is 6.42. The zero-order valence-corrected chi connectivity index (χ0v) is 14.4. The lowest BCUT2D eigenvalue weighted by Crippen LogP contribution is -2.40. The first-order chi connectivity index (χ1) is 10.9. The number of likely N-dealkylation sites (tertiary alicyclic amines) is 1. The van der Waals surface area contributed by atoms with Crippen molar-refractivity contribution in [1.29, 1.82) is 0 Å². The third-order valence-electron chi connectivity index (χ3n) is 4.12. The second-order valence-electron chi connectivity index (χ2n) is 6.42. The number of piperidine rings is 1. The molecular formula is C18H26N2O3. The molecule has 1 aromatic rings. The zero-order valence-electron chi connectivity index (χ0n) is 14.4. The quantitative estimate of drug-likeness (QED) is 0.928. The molecule has 23 heavy (non-hydrogen) atoms. The fourth-order valence-corrected chi connectivity index (χ4v) is 2.81. The van der Waals surface area contributed by atoms with E-state index >= 15 is 0 Å². The Labute approximate surface area is 138 Å². The summed E-state index contributed by atoms with van der Waals surface area (Å²) in [4.78, 5) is 25.5. The van der Waals surface area contributed by atoms with Gasteiger partial charge in [-0.1, -0.05) is 0 Å². The number of nitrogens with zero attached hydrogens (tertiary/aromatic N) is 1. The smallest absolute Gasteiger partial charge is 0.227 e. The highest BCUT2D eigenvalue weighted by molar-refractivity contribution is 5.93. The minimum atomic E-state index is -0.0301. The monoisotopic (exact) mass is 318 g/mol. The SMILES string of the molecule is CC(=O)N1CCC(C(=O)Nc2ccc(OC(C)C)c(C)c2)CC1. The summed E-state index contributed by atoms with van der Waals surface area (Å²) in [6, 6.07) is 5.69. The first kappa shape index (κ1) is 17.3. The Morgan fingerprint density at radius 2 is 1.91 bits per heavy atom. The van der Waals surface area contributed by atoms with Gasteiger partial charge in [-0.3, -0.25) is 9.59 Å². The highest BCUT2D eigenvalue weighted by atomic mass is 16.5. The van der Waals surface area contributed by atoms with Crippen molar-refractivity contribution in [3.05, 3.63) is 23.8 Å². The molecule has 0 bridgehead atoms. The van der Waals surface area contributed by atoms with E-state index in [0.717, 1.165) is 29.8 Å². The van der Waals surface area contributed by atoms with Gasteiger partial charge in [-0.15, -0.1) is 0 Å². The van der Waals surface area contributed by atoms with Gasteiger partial charge in [0.1, 0.15) is 5.75 Å². The van der Waals surface area contributed by atoms with Gasteiger partial charge in [0.25, 0.3) is 0 Å². The van der Waals surface area contributed by atoms with E-state index in [1.54, 1.807) is 11.8 Å². The summed E-state index contributed by atoms with van der Waals surface area (Å²) in [6.45, 7) is 8.84. The first-order valence-corrected chi connectivity index (χ1v) is 8.20. The number of benzene rings is 1. The van der Waals surface area contributed by atoms with Crippen LogP contribution >= 0.6 is 0 Å². The third kappa shape index (κ3) is 4.71. The van der Waals surface area contributed by atoms with Crippen molar-refractivity contribution < 1.29 is 14.3 Å². The Hall–Kier alpha value is -2.04. The zero-order chi connectivity index (χ0) is 17.0. The van der Waals surface area contributed by atoms with Crippen molar-refractivity contribution >= 4 is 17.5 Å². The lowest BCUT2D eigenvalue weighted by molar-refractivity contribution is -0.132. The molecule has 0 aliphatic carbocycles. The predicted octanol–water partition coefficient (Wildman–Crippen LogP) is 2.98. The number of amides is 2. The van der Waals surface area contributed by atoms with E-state index in [-0.39, 0.29) is 23.8 Å². The molecule has 0 radical (unpaired) electrons. The molecular weight excluding hydrogens is 292 g/mol. The number of nitrogens with one attached hydrogen (secondary N) is 1. The van der Waals surface area contributed by atoms with E-state index in [1.165, 1.54) is 0 Å². The molecule has 0 unspecified atom stereocenters. The van der Waals surface area contributed by atoms with E-state index < -0.39 is 0 Å². The van der Waals surface area contributed by atoms with Crippen LogP contribution in [0.25, 0.3) is 0 Å². The topological polar surface area (TPSA) is 58.6 Å². The summed E-state index contributed by atoms with van der Waals surface area (Å²) in [7, 11) is 0. The minimum Gasteiger partial charge on any atom is -0.491 e. The maximum Gasteiger partial charge on any atom is 0.227 e. The standard InChI is InChI=1S/C18H26N2O3/c1-12(2)23-17-6-5-16(11-13(17)3)19-18(22)15-7-9-20(10-8-15)14(4)21/h5-6,11-12,15H,7-10H2,1-4H3,(H,19,22). The molecule has 1 aromatic carbocycles. The Kier molecular flexibility index (Phi) is 5.64. The number of ether oxygens (including phenoxy) is 1. The molecule has 2 amide bonds. The van der Waals surface area contributed by atoms with Gasteiger partial charge in [0.05, 0.1) is 6.10 Å². The summed E-state index contributed by atoms with van der Waals surface area (Å²) < 4.78 is 5.71. The van der Waals surface area contributed by atoms with Crippen LogP contribution in [0.5, 0.6) is 5.75 Å². The fraction of sp³-hybridized carbons (Fsp3) is 0.556. The second kappa shape index (κ2) is 7.49. The summed E-state index contributed by atoms with van der Waals surface area (Å²) in [5.74, 6) is 0.926. The number of carbonyl (C=O) groups excluding carboxylic acids is 2. The van der Waals surface area contributed by atoms with Crippen LogP contribution in [0.2, 0.25) is 0 Å². The summed E-state index contributed by atoms with van der Waals surface area (Å²) in [5.41, 5.74) is 1.79. The summed E-state index contributed by atoms with van der Waals surface area (Å²) in [6.07, 6.45) is 1.57. The lowest BCUT2D eigenvalue weighted by Gasteiger charge is -2.30. The number of anilines is 1. The van der Waals surface area contributed by atoms with Crippen LogP contribution in [-0.4, -0.2) is 35.9 Å². The molecule has 0 saturated carbocycles. The van der Waals surface area contributed by atoms with Crippen molar-refractivity contribution in [1.82, 2.24) is 4.90 Å². The van der Waals surface area contributed by atoms with Crippen LogP contribution in [0.15, 0.2) is 18.2 Å². The average molecular weight is 318 g/mol. The fourth-order valence-electron chi connectivity index (χ4n) is 2.81. The van der Waals surface area contributed by atoms with Crippen molar-refractivity contribution in [2.75, 3.05) is 18.4 Å². The largest absolute Gasteiger partial charge is 0.491 e. The molecule has 0 aromatic heterocycles. The van der Waals surface area contributed by atoms with Crippen LogP contribution in [0.3, 0.4) is 0 Å². The van der Waals surface area contributed by atoms with Crippen molar-refractivity contribution in [3.63, 3.8) is 0 Å². The van der Waals surface area contributed by atoms with Crippen LogP contribution in [0, 0.1) is 12.8 Å². The average Bonchev–Trinajstić information content (AvgIpc) is 2.49. The maximum absolute atomic E-state index is 12.4. The number of rotatable bonds is 4. The van der Waals surface area contributed by atoms with E-state index in [2.05, 4.69) is 5.32 Å². The predicted molar refractivity (Wildman–Crippen MR) is 90.6 cm³/mol. The maximum atomic E-state index is 12.4. The van der Waals surface area contributed by atoms with Gasteiger partial charge in [0.15, 0.2) is 0 Å². The molecule has 1 aliphatic heterocycles. The van der Waals surface area contributed by atoms with Crippen LogP contribution in [-0.2, 0) is 9.59 Å². The van der Waals surface area contributed by atoms with Crippen molar-refractivity contribution in [3.8, 4) is 5.75 Å². The van der Waals surface area contributed by atoms with E-state index in [0.29, 0.717) is 13.1 Å². The molecule has 1 heterocycles. The van der Waals surface area contributed by atoms with Gasteiger partial charge >= 0.3 is 0 Å². The normalized spacial score (nSPS) is 15.6. The Morgan fingerprint density at radius 3 is 2.43 bits per heavy atom. The number of aryl methyl sites for hydroxylation is 1. The van der Waals surface area contributed by atoms with Gasteiger partial charge < -0.3 is 15.0 Å². The number of hydrogen-bond donors (Lipinski definition) is 1. The van der Waals surface area contributed by atoms with Crippen molar-refractivity contribution in [2.24, 2.45) is 5.92 Å². The summed E-state index contributed by atoms with van der Waals surface area (Å²) >= 11 is 0. The van der Waals surface area contributed by atoms with E-state index in [4.69, 9.17) is 4.74 Å². The number of carbonyl (C=O) groups is 2. The van der Waals surface area contributed by atoms with Gasteiger partial charge in [-0.25, -0.2) is 0 Å². The van der Waals surface area contributed by atoms with Crippen LogP contribution in [0.1, 0.15) is 39.2 Å². The summed E-state index contributed by atoms with van der Waals surface area (Å²) in [5, 5.41) is 2.98.